The highest BCUT2D eigenvalue weighted by molar-refractivity contribution is 9.10. The quantitative estimate of drug-likeness (QED) is 0.731. The van der Waals surface area contributed by atoms with Crippen molar-refractivity contribution in [1.82, 2.24) is 14.6 Å². The second kappa shape index (κ2) is 8.95. The van der Waals surface area contributed by atoms with Crippen LogP contribution in [0.4, 0.5) is 0 Å². The van der Waals surface area contributed by atoms with Gasteiger partial charge in [-0.3, -0.25) is 9.78 Å². The molecule has 0 saturated carbocycles. The maximum absolute atomic E-state index is 13.0. The van der Waals surface area contributed by atoms with Gasteiger partial charge in [0.05, 0.1) is 4.90 Å². The number of halogens is 1. The molecule has 2 heterocycles. The van der Waals surface area contributed by atoms with Gasteiger partial charge in [-0.15, -0.1) is 0 Å². The summed E-state index contributed by atoms with van der Waals surface area (Å²) in [6.45, 7) is 0.787. The average Bonchev–Trinajstić information content (AvgIpc) is 2.69. The van der Waals surface area contributed by atoms with E-state index < -0.39 is 16.1 Å². The van der Waals surface area contributed by atoms with Crippen molar-refractivity contribution in [3.05, 3.63) is 58.8 Å². The van der Waals surface area contributed by atoms with Gasteiger partial charge in [0, 0.05) is 35.9 Å². The number of rotatable bonds is 6. The normalized spacial score (nSPS) is 18.2. The fourth-order valence-corrected chi connectivity index (χ4v) is 5.10. The predicted molar refractivity (Wildman–Crippen MR) is 107 cm³/mol. The van der Waals surface area contributed by atoms with Gasteiger partial charge < -0.3 is 5.32 Å². The fourth-order valence-electron chi connectivity index (χ4n) is 3.17. The third-order valence-corrected chi connectivity index (χ3v) is 7.03. The summed E-state index contributed by atoms with van der Waals surface area (Å²) in [6, 6.07) is 11.5. The van der Waals surface area contributed by atoms with E-state index in [1.807, 2.05) is 18.2 Å². The molecule has 1 amide bonds. The zero-order valence-corrected chi connectivity index (χ0v) is 17.2. The Hall–Kier alpha value is -1.77. The van der Waals surface area contributed by atoms with Crippen LogP contribution in [0.2, 0.25) is 0 Å². The van der Waals surface area contributed by atoms with E-state index in [0.29, 0.717) is 25.9 Å². The molecule has 0 unspecified atom stereocenters. The van der Waals surface area contributed by atoms with E-state index in [1.165, 1.54) is 4.31 Å². The van der Waals surface area contributed by atoms with E-state index in [-0.39, 0.29) is 10.8 Å². The maximum Gasteiger partial charge on any atom is 0.243 e. The van der Waals surface area contributed by atoms with E-state index in [1.54, 1.807) is 30.5 Å². The number of amides is 1. The van der Waals surface area contributed by atoms with Crippen LogP contribution in [-0.4, -0.2) is 42.7 Å². The Morgan fingerprint density at radius 3 is 2.67 bits per heavy atom. The van der Waals surface area contributed by atoms with E-state index in [4.69, 9.17) is 0 Å². The van der Waals surface area contributed by atoms with Gasteiger partial charge >= 0.3 is 0 Å². The van der Waals surface area contributed by atoms with Crippen LogP contribution < -0.4 is 5.32 Å². The minimum absolute atomic E-state index is 0.207. The molecule has 1 N–H and O–H groups in total. The Morgan fingerprint density at radius 1 is 1.19 bits per heavy atom. The monoisotopic (exact) mass is 451 g/mol. The number of sulfonamides is 1. The number of pyridine rings is 1. The summed E-state index contributed by atoms with van der Waals surface area (Å²) in [4.78, 5) is 17.1. The van der Waals surface area contributed by atoms with Crippen LogP contribution in [0, 0.1) is 0 Å². The van der Waals surface area contributed by atoms with Crippen molar-refractivity contribution in [3.8, 4) is 0 Å². The molecule has 0 spiro atoms. The number of carbonyl (C=O) groups is 1. The van der Waals surface area contributed by atoms with Gasteiger partial charge in [-0.2, -0.15) is 4.31 Å². The number of hydrogen-bond acceptors (Lipinski definition) is 4. The second-order valence-electron chi connectivity index (χ2n) is 6.44. The molecule has 0 aliphatic carbocycles. The molecule has 0 radical (unpaired) electrons. The lowest BCUT2D eigenvalue weighted by molar-refractivity contribution is -0.125. The van der Waals surface area contributed by atoms with Crippen molar-refractivity contribution in [2.45, 2.75) is 36.6 Å². The smallest absolute Gasteiger partial charge is 0.243 e. The lowest BCUT2D eigenvalue weighted by atomic mass is 10.0. The fraction of sp³-hybridized carbons (Fsp3) is 0.368. The van der Waals surface area contributed by atoms with Crippen molar-refractivity contribution < 1.29 is 13.2 Å². The van der Waals surface area contributed by atoms with Crippen LogP contribution in [0.3, 0.4) is 0 Å². The van der Waals surface area contributed by atoms with Gasteiger partial charge in [-0.05, 0) is 49.2 Å². The summed E-state index contributed by atoms with van der Waals surface area (Å²) in [5.74, 6) is -0.244. The first-order chi connectivity index (χ1) is 13.0. The SMILES string of the molecule is O=C(NCCc1ccccn1)[C@H]1CCCCN1S(=O)(=O)c1ccc(Br)cc1. The lowest BCUT2D eigenvalue weighted by Crippen LogP contribution is -2.52. The summed E-state index contributed by atoms with van der Waals surface area (Å²) in [5, 5.41) is 2.87. The van der Waals surface area contributed by atoms with E-state index in [2.05, 4.69) is 26.2 Å². The van der Waals surface area contributed by atoms with Crippen LogP contribution in [0.25, 0.3) is 0 Å². The molecule has 1 aliphatic rings. The topological polar surface area (TPSA) is 79.4 Å². The molecular formula is C19H22BrN3O3S. The standard InChI is InChI=1S/C19H22BrN3O3S/c20-15-7-9-17(10-8-15)27(25,26)23-14-4-2-6-18(23)19(24)22-13-11-16-5-1-3-12-21-16/h1,3,5,7-10,12,18H,2,4,6,11,13-14H2,(H,22,24)/t18-/m1/s1. The first-order valence-electron chi connectivity index (χ1n) is 8.93. The third-order valence-electron chi connectivity index (χ3n) is 4.58. The Kier molecular flexibility index (Phi) is 6.62. The van der Waals surface area contributed by atoms with Crippen LogP contribution in [0.1, 0.15) is 25.0 Å². The average molecular weight is 452 g/mol. The molecule has 2 aromatic rings. The van der Waals surface area contributed by atoms with Crippen molar-refractivity contribution in [2.75, 3.05) is 13.1 Å². The van der Waals surface area contributed by atoms with Crippen LogP contribution in [0.15, 0.2) is 58.0 Å². The molecule has 1 saturated heterocycles. The molecule has 1 atom stereocenters. The minimum atomic E-state index is -3.71. The molecule has 1 aliphatic heterocycles. The largest absolute Gasteiger partial charge is 0.354 e. The molecule has 6 nitrogen and oxygen atoms in total. The summed E-state index contributed by atoms with van der Waals surface area (Å²) >= 11 is 3.31. The zero-order chi connectivity index (χ0) is 19.3. The molecule has 144 valence electrons. The number of benzene rings is 1. The number of nitrogens with zero attached hydrogens (tertiary/aromatic N) is 2. The number of hydrogen-bond donors (Lipinski definition) is 1. The molecule has 3 rings (SSSR count). The molecule has 27 heavy (non-hydrogen) atoms. The number of nitrogens with one attached hydrogen (secondary N) is 1. The Labute approximate surface area is 168 Å². The minimum Gasteiger partial charge on any atom is -0.354 e. The summed E-state index contributed by atoms with van der Waals surface area (Å²) in [6.07, 6.45) is 4.45. The predicted octanol–water partition coefficient (Wildman–Crippen LogP) is 2.75. The summed E-state index contributed by atoms with van der Waals surface area (Å²) < 4.78 is 28.2. The Bertz CT molecular complexity index is 873. The Balaban J connectivity index is 1.69. The third kappa shape index (κ3) is 4.94. The second-order valence-corrected chi connectivity index (χ2v) is 9.25. The molecule has 1 fully saturated rings. The van der Waals surface area contributed by atoms with Gasteiger partial charge in [-0.1, -0.05) is 28.4 Å². The van der Waals surface area contributed by atoms with Gasteiger partial charge in [0.15, 0.2) is 0 Å². The van der Waals surface area contributed by atoms with Crippen LogP contribution in [0.5, 0.6) is 0 Å². The van der Waals surface area contributed by atoms with Gasteiger partial charge in [0.25, 0.3) is 0 Å². The van der Waals surface area contributed by atoms with E-state index in [9.17, 15) is 13.2 Å². The highest BCUT2D eigenvalue weighted by Gasteiger charge is 2.37. The van der Waals surface area contributed by atoms with Crippen LogP contribution in [-0.2, 0) is 21.2 Å². The molecule has 0 bridgehead atoms. The summed E-state index contributed by atoms with van der Waals surface area (Å²) in [7, 11) is -3.71. The highest BCUT2D eigenvalue weighted by atomic mass is 79.9. The summed E-state index contributed by atoms with van der Waals surface area (Å²) in [5.41, 5.74) is 0.890. The van der Waals surface area contributed by atoms with Gasteiger partial charge in [-0.25, -0.2) is 8.42 Å². The Morgan fingerprint density at radius 2 is 1.96 bits per heavy atom. The number of carbonyl (C=O) groups excluding carboxylic acids is 1. The highest BCUT2D eigenvalue weighted by Crippen LogP contribution is 2.26. The maximum atomic E-state index is 13.0. The van der Waals surface area contributed by atoms with Crippen molar-refractivity contribution in [2.24, 2.45) is 0 Å². The number of aromatic nitrogens is 1. The number of piperidine rings is 1. The van der Waals surface area contributed by atoms with E-state index >= 15 is 0 Å². The molecule has 1 aromatic heterocycles. The first-order valence-corrected chi connectivity index (χ1v) is 11.2. The van der Waals surface area contributed by atoms with Gasteiger partial charge in [0.1, 0.15) is 6.04 Å². The molecular weight excluding hydrogens is 430 g/mol. The lowest BCUT2D eigenvalue weighted by Gasteiger charge is -2.33. The van der Waals surface area contributed by atoms with Crippen LogP contribution >= 0.6 is 15.9 Å². The van der Waals surface area contributed by atoms with Crippen molar-refractivity contribution in [3.63, 3.8) is 0 Å². The van der Waals surface area contributed by atoms with E-state index in [0.717, 1.165) is 23.0 Å². The van der Waals surface area contributed by atoms with Crippen molar-refractivity contribution >= 4 is 31.9 Å². The first kappa shape index (κ1) is 20.0. The van der Waals surface area contributed by atoms with Crippen molar-refractivity contribution in [1.29, 1.82) is 0 Å². The molecule has 1 aromatic carbocycles. The zero-order valence-electron chi connectivity index (χ0n) is 14.8. The van der Waals surface area contributed by atoms with Gasteiger partial charge in [0.2, 0.25) is 15.9 Å². The molecule has 8 heteroatoms.